The van der Waals surface area contributed by atoms with Gasteiger partial charge in [0, 0.05) is 23.9 Å². The van der Waals surface area contributed by atoms with Crippen LogP contribution in [-0.2, 0) is 47.0 Å². The first-order valence-corrected chi connectivity index (χ1v) is 19.8. The summed E-state index contributed by atoms with van der Waals surface area (Å²) in [6.45, 7) is 5.99. The highest BCUT2D eigenvalue weighted by Gasteiger charge is 2.62. The van der Waals surface area contributed by atoms with E-state index in [9.17, 15) is 36.8 Å². The van der Waals surface area contributed by atoms with Crippen molar-refractivity contribution in [3.8, 4) is 0 Å². The minimum atomic E-state index is -3.91. The van der Waals surface area contributed by atoms with E-state index in [1.54, 1.807) is 12.1 Å². The molecule has 1 aromatic rings. The van der Waals surface area contributed by atoms with Gasteiger partial charge < -0.3 is 20.1 Å². The Bertz CT molecular complexity index is 1740. The van der Waals surface area contributed by atoms with E-state index in [4.69, 9.17) is 9.47 Å². The molecule has 4 amide bonds. The number of nitrogens with zero attached hydrogens (tertiary/aromatic N) is 1. The predicted octanol–water partition coefficient (Wildman–Crippen LogP) is 4.39. The zero-order chi connectivity index (χ0) is 37.4. The van der Waals surface area contributed by atoms with Crippen molar-refractivity contribution in [1.82, 2.24) is 20.3 Å². The van der Waals surface area contributed by atoms with Gasteiger partial charge in [-0.3, -0.25) is 24.0 Å². The van der Waals surface area contributed by atoms with Crippen LogP contribution in [0.2, 0.25) is 0 Å². The van der Waals surface area contributed by atoms with E-state index in [0.717, 1.165) is 12.8 Å². The number of hydrogen-bond donors (Lipinski definition) is 3. The molecule has 1 aromatic carbocycles. The number of hydrogen-bond acceptors (Lipinski definition) is 9. The molecule has 13 nitrogen and oxygen atoms in total. The maximum atomic E-state index is 14.4. The Labute approximate surface area is 303 Å². The molecule has 0 aromatic heterocycles. The zero-order valence-corrected chi connectivity index (χ0v) is 30.8. The molecule has 0 saturated heterocycles. The van der Waals surface area contributed by atoms with Gasteiger partial charge in [0.05, 0.1) is 30.4 Å². The van der Waals surface area contributed by atoms with Gasteiger partial charge >= 0.3 is 12.2 Å². The fraction of sp³-hybridized carbons (Fsp3) is 0.649. The highest BCUT2D eigenvalue weighted by Crippen LogP contribution is 2.47. The van der Waals surface area contributed by atoms with Gasteiger partial charge in [0.1, 0.15) is 17.5 Å². The Morgan fingerprint density at radius 3 is 2.50 bits per heavy atom. The highest BCUT2D eigenvalue weighted by molar-refractivity contribution is 7.91. The number of alkyl carbamates (subject to hydrolysis) is 1. The summed E-state index contributed by atoms with van der Waals surface area (Å²) in [7, 11) is -3.91. The molecule has 2 heterocycles. The molecule has 6 rings (SSSR count). The molecule has 3 N–H and O–H groups in total. The van der Waals surface area contributed by atoms with Crippen LogP contribution in [0.4, 0.5) is 14.0 Å². The molecular weight excluding hydrogens is 695 g/mol. The van der Waals surface area contributed by atoms with Crippen LogP contribution >= 0.6 is 0 Å². The van der Waals surface area contributed by atoms with Crippen LogP contribution in [0.15, 0.2) is 30.4 Å². The average Bonchev–Trinajstić information content (AvgIpc) is 3.96. The summed E-state index contributed by atoms with van der Waals surface area (Å²) in [6.07, 6.45) is 5.50. The molecule has 0 spiro atoms. The summed E-state index contributed by atoms with van der Waals surface area (Å²) in [5.41, 5.74) is -0.782. The lowest BCUT2D eigenvalue weighted by atomic mass is 9.86. The predicted molar refractivity (Wildman–Crippen MR) is 186 cm³/mol. The number of rotatable bonds is 6. The number of ketones is 1. The van der Waals surface area contributed by atoms with Crippen LogP contribution in [0, 0.1) is 29.0 Å². The minimum Gasteiger partial charge on any atom is -0.449 e. The van der Waals surface area contributed by atoms with Gasteiger partial charge in [0.2, 0.25) is 15.9 Å². The molecule has 5 aliphatic rings. The van der Waals surface area contributed by atoms with Crippen molar-refractivity contribution in [1.29, 1.82) is 0 Å². The van der Waals surface area contributed by atoms with Crippen LogP contribution in [0.3, 0.4) is 0 Å². The first kappa shape index (κ1) is 37.7. The smallest absolute Gasteiger partial charge is 0.410 e. The number of amides is 4. The van der Waals surface area contributed by atoms with Gasteiger partial charge in [-0.05, 0) is 68.4 Å². The van der Waals surface area contributed by atoms with Crippen LogP contribution in [-0.4, -0.2) is 72.6 Å². The summed E-state index contributed by atoms with van der Waals surface area (Å²) in [6, 6.07) is 3.64. The number of halogens is 1. The molecule has 1 unspecified atom stereocenters. The average molecular weight is 745 g/mol. The standard InChI is InChI=1S/C37H49FN4O9S/c1-36(2,3)21-50-34(46)39-30-13-8-6-4-5-7-11-23-18-37(23,33(45)41-52(48,49)25-14-15-25)40-32(44)27-17-24(16-26(27)31(30)43)51-35(47)42-19-22-10-9-12-29(38)28(22)20-42/h7,9-12,23-27,30H,4-6,8,13-21H2,1-3H3,(H,39,46)(H,40,44)(H,41,45)/b11-7-/t23-,24-,26?,27+,30-,37+/m0/s1. The van der Waals surface area contributed by atoms with Crippen LogP contribution in [0.5, 0.6) is 0 Å². The van der Waals surface area contributed by atoms with Gasteiger partial charge in [-0.2, -0.15) is 0 Å². The Balaban J connectivity index is 1.24. The van der Waals surface area contributed by atoms with Crippen LogP contribution < -0.4 is 15.4 Å². The van der Waals surface area contributed by atoms with Crippen molar-refractivity contribution in [2.75, 3.05) is 6.61 Å². The van der Waals surface area contributed by atoms with Gasteiger partial charge in [-0.15, -0.1) is 0 Å². The van der Waals surface area contributed by atoms with E-state index in [1.807, 2.05) is 32.9 Å². The van der Waals surface area contributed by atoms with Crippen molar-refractivity contribution in [2.24, 2.45) is 23.2 Å². The van der Waals surface area contributed by atoms with Crippen molar-refractivity contribution in [3.05, 3.63) is 47.3 Å². The normalized spacial score (nSPS) is 30.0. The lowest BCUT2D eigenvalue weighted by Crippen LogP contribution is -2.54. The van der Waals surface area contributed by atoms with Crippen LogP contribution in [0.25, 0.3) is 0 Å². The Morgan fingerprint density at radius 1 is 1.04 bits per heavy atom. The number of carbonyl (C=O) groups is 5. The van der Waals surface area contributed by atoms with E-state index in [0.29, 0.717) is 43.2 Å². The van der Waals surface area contributed by atoms with Gasteiger partial charge in [0.25, 0.3) is 5.91 Å². The molecular formula is C37H49FN4O9S. The second-order valence-corrected chi connectivity index (χ2v) is 18.1. The van der Waals surface area contributed by atoms with E-state index in [1.165, 1.54) is 11.0 Å². The molecule has 15 heteroatoms. The fourth-order valence-electron chi connectivity index (χ4n) is 7.45. The molecule has 3 saturated carbocycles. The molecule has 284 valence electrons. The summed E-state index contributed by atoms with van der Waals surface area (Å²) in [4.78, 5) is 69.9. The van der Waals surface area contributed by atoms with Crippen molar-refractivity contribution in [3.63, 3.8) is 0 Å². The molecule has 2 aliphatic heterocycles. The number of benzene rings is 1. The Kier molecular flexibility index (Phi) is 10.7. The van der Waals surface area contributed by atoms with Gasteiger partial charge in [0.15, 0.2) is 5.78 Å². The third-order valence-electron chi connectivity index (χ3n) is 10.6. The lowest BCUT2D eigenvalue weighted by Gasteiger charge is -2.26. The molecule has 3 fully saturated rings. The van der Waals surface area contributed by atoms with Crippen molar-refractivity contribution >= 4 is 39.8 Å². The summed E-state index contributed by atoms with van der Waals surface area (Å²) in [5, 5.41) is 4.90. The lowest BCUT2D eigenvalue weighted by molar-refractivity contribution is -0.136. The second kappa shape index (κ2) is 14.8. The summed E-state index contributed by atoms with van der Waals surface area (Å²) < 4.78 is 53.4. The van der Waals surface area contributed by atoms with E-state index in [-0.39, 0.29) is 44.4 Å². The number of Topliss-reactive ketones (excluding diaryl/α,β-unsaturated/α-hetero) is 1. The topological polar surface area (TPSA) is 177 Å². The number of allylic oxidation sites excluding steroid dienone is 1. The third-order valence-corrected chi connectivity index (χ3v) is 12.5. The molecule has 0 bridgehead atoms. The van der Waals surface area contributed by atoms with Gasteiger partial charge in [-0.1, -0.05) is 57.9 Å². The fourth-order valence-corrected chi connectivity index (χ4v) is 8.82. The maximum absolute atomic E-state index is 14.4. The van der Waals surface area contributed by atoms with Crippen molar-refractivity contribution in [2.45, 2.75) is 121 Å². The maximum Gasteiger partial charge on any atom is 0.410 e. The van der Waals surface area contributed by atoms with E-state index in [2.05, 4.69) is 15.4 Å². The monoisotopic (exact) mass is 744 g/mol. The summed E-state index contributed by atoms with van der Waals surface area (Å²) in [5.74, 6) is -4.84. The quantitative estimate of drug-likeness (QED) is 0.357. The first-order valence-electron chi connectivity index (χ1n) is 18.3. The van der Waals surface area contributed by atoms with E-state index >= 15 is 0 Å². The molecule has 0 radical (unpaired) electrons. The molecule has 52 heavy (non-hydrogen) atoms. The number of sulfonamides is 1. The van der Waals surface area contributed by atoms with E-state index < -0.39 is 86.3 Å². The Morgan fingerprint density at radius 2 is 1.79 bits per heavy atom. The molecule has 6 atom stereocenters. The van der Waals surface area contributed by atoms with Crippen LogP contribution in [0.1, 0.15) is 96.1 Å². The number of fused-ring (bicyclic) bond motifs is 3. The second-order valence-electron chi connectivity index (χ2n) is 16.2. The highest BCUT2D eigenvalue weighted by atomic mass is 32.2. The largest absolute Gasteiger partial charge is 0.449 e. The summed E-state index contributed by atoms with van der Waals surface area (Å²) >= 11 is 0. The number of ether oxygens (including phenoxy) is 2. The SMILES string of the molecule is CC(C)(C)COC(=O)N[C@H]1CCCCC/C=C\[C@H]2C[C@@]2(C(=O)NS(=O)(=O)C2CC2)NC(=O)[C@@H]2C[C@@H](OC(=O)N3Cc4cccc(F)c4C3)CC2C1=O. The zero-order valence-electron chi connectivity index (χ0n) is 30.0. The number of carbonyl (C=O) groups excluding carboxylic acids is 5. The van der Waals surface area contributed by atoms with Gasteiger partial charge in [-0.25, -0.2) is 22.4 Å². The van der Waals surface area contributed by atoms with Crippen molar-refractivity contribution < 1.29 is 46.3 Å². The molecule has 3 aliphatic carbocycles. The minimum absolute atomic E-state index is 0.0127. The Hall–Kier alpha value is -4.01. The third kappa shape index (κ3) is 8.61. The first-order chi connectivity index (χ1) is 24.6. The number of nitrogens with one attached hydrogen (secondary N) is 3.